The summed E-state index contributed by atoms with van der Waals surface area (Å²) in [5, 5.41) is 5.19. The van der Waals surface area contributed by atoms with Gasteiger partial charge in [0.1, 0.15) is 0 Å². The predicted octanol–water partition coefficient (Wildman–Crippen LogP) is 9.74. The summed E-state index contributed by atoms with van der Waals surface area (Å²) < 4.78 is 17.6. The lowest BCUT2D eigenvalue weighted by molar-refractivity contribution is -0.118. The molecule has 1 heterocycles. The molecule has 1 aliphatic heterocycles. The SMILES string of the molecule is Br.CCCCCCCCCCCCCCOc1c(OC)cccc1OCC(=O)Nc1ccccc1CN1CSC=C1C. The number of anilines is 1. The number of hydrogen-bond donors (Lipinski definition) is 1. The number of ether oxygens (including phenoxy) is 3. The molecule has 0 fully saturated rings. The maximum Gasteiger partial charge on any atom is 0.262 e. The number of hydrogen-bond acceptors (Lipinski definition) is 6. The molecule has 3 rings (SSSR count). The molecule has 0 atom stereocenters. The average Bonchev–Trinajstić information content (AvgIpc) is 3.39. The molecule has 0 aliphatic carbocycles. The number of benzene rings is 2. The van der Waals surface area contributed by atoms with Crippen LogP contribution >= 0.6 is 28.7 Å². The zero-order valence-corrected chi connectivity index (χ0v) is 28.4. The normalized spacial score (nSPS) is 12.5. The molecule has 8 heteroatoms. The van der Waals surface area contributed by atoms with Crippen LogP contribution in [0.5, 0.6) is 17.2 Å². The van der Waals surface area contributed by atoms with Crippen LogP contribution in [0, 0.1) is 0 Å². The monoisotopic (exact) mass is 662 g/mol. The Morgan fingerprint density at radius 3 is 2.14 bits per heavy atom. The lowest BCUT2D eigenvalue weighted by Crippen LogP contribution is -2.23. The Bertz CT molecular complexity index is 1080. The van der Waals surface area contributed by atoms with Crippen LogP contribution in [0.2, 0.25) is 0 Å². The smallest absolute Gasteiger partial charge is 0.262 e. The van der Waals surface area contributed by atoms with E-state index in [-0.39, 0.29) is 29.5 Å². The first-order chi connectivity index (χ1) is 20.1. The highest BCUT2D eigenvalue weighted by molar-refractivity contribution is 8.93. The number of rotatable bonds is 21. The molecule has 42 heavy (non-hydrogen) atoms. The topological polar surface area (TPSA) is 60.0 Å². The first-order valence-electron chi connectivity index (χ1n) is 15.5. The van der Waals surface area contributed by atoms with Gasteiger partial charge in [0.2, 0.25) is 5.75 Å². The molecule has 1 N–H and O–H groups in total. The number of allylic oxidation sites excluding steroid dienone is 1. The van der Waals surface area contributed by atoms with Crippen LogP contribution in [-0.4, -0.2) is 37.0 Å². The zero-order valence-electron chi connectivity index (χ0n) is 25.8. The molecule has 0 bridgehead atoms. The van der Waals surface area contributed by atoms with Gasteiger partial charge in [-0.2, -0.15) is 0 Å². The van der Waals surface area contributed by atoms with E-state index in [2.05, 4.69) is 35.5 Å². The van der Waals surface area contributed by atoms with Crippen molar-refractivity contribution < 1.29 is 19.0 Å². The fraction of sp³-hybridized carbons (Fsp3) is 0.559. The van der Waals surface area contributed by atoms with E-state index in [9.17, 15) is 4.79 Å². The van der Waals surface area contributed by atoms with Gasteiger partial charge in [0.25, 0.3) is 5.91 Å². The number of halogens is 1. The second kappa shape index (κ2) is 21.4. The van der Waals surface area contributed by atoms with Gasteiger partial charge in [0.15, 0.2) is 18.1 Å². The number of amides is 1. The largest absolute Gasteiger partial charge is 0.493 e. The predicted molar refractivity (Wildman–Crippen MR) is 182 cm³/mol. The van der Waals surface area contributed by atoms with Gasteiger partial charge >= 0.3 is 0 Å². The Hall–Kier alpha value is -2.32. The Labute approximate surface area is 268 Å². The van der Waals surface area contributed by atoms with E-state index >= 15 is 0 Å². The summed E-state index contributed by atoms with van der Waals surface area (Å²) in [5.41, 5.74) is 3.12. The number of nitrogens with zero attached hydrogens (tertiary/aromatic N) is 1. The molecule has 1 aliphatic rings. The number of nitrogens with one attached hydrogen (secondary N) is 1. The van der Waals surface area contributed by atoms with Crippen molar-refractivity contribution in [3.8, 4) is 17.2 Å². The lowest BCUT2D eigenvalue weighted by atomic mass is 10.1. The van der Waals surface area contributed by atoms with Gasteiger partial charge in [-0.15, -0.1) is 28.7 Å². The van der Waals surface area contributed by atoms with Gasteiger partial charge in [-0.25, -0.2) is 0 Å². The molecular formula is C34H51BrN2O4S. The Morgan fingerprint density at radius 2 is 1.50 bits per heavy atom. The molecule has 234 valence electrons. The molecule has 2 aromatic carbocycles. The van der Waals surface area contributed by atoms with Crippen LogP contribution in [0.25, 0.3) is 0 Å². The number of thioether (sulfide) groups is 1. The van der Waals surface area contributed by atoms with E-state index in [0.717, 1.165) is 36.5 Å². The van der Waals surface area contributed by atoms with Gasteiger partial charge in [-0.05, 0) is 42.5 Å². The van der Waals surface area contributed by atoms with E-state index in [4.69, 9.17) is 14.2 Å². The number of carbonyl (C=O) groups excluding carboxylic acids is 1. The van der Waals surface area contributed by atoms with E-state index in [1.807, 2.05) is 36.4 Å². The summed E-state index contributed by atoms with van der Waals surface area (Å²) in [7, 11) is 1.62. The molecule has 2 aromatic rings. The molecule has 0 radical (unpaired) electrons. The molecule has 0 unspecified atom stereocenters. The summed E-state index contributed by atoms with van der Waals surface area (Å²) >= 11 is 1.79. The Kier molecular flexibility index (Phi) is 18.3. The van der Waals surface area contributed by atoms with Crippen LogP contribution in [0.15, 0.2) is 53.6 Å². The molecule has 0 aromatic heterocycles. The standard InChI is InChI=1S/C34H50N2O4S.BrH/c1-4-5-6-7-8-9-10-11-12-13-14-17-23-39-34-31(38-3)21-18-22-32(34)40-25-33(37)35-30-20-16-15-19-29(30)24-36-27-41-26-28(36)2;/h15-16,18-22,26H,4-14,17,23-25,27H2,1-3H3,(H,35,37);1H. The fourth-order valence-corrected chi connectivity index (χ4v) is 5.88. The Balaban J connectivity index is 0.00000616. The van der Waals surface area contributed by atoms with Crippen molar-refractivity contribution in [2.75, 3.05) is 31.5 Å². The van der Waals surface area contributed by atoms with Gasteiger partial charge < -0.3 is 24.4 Å². The van der Waals surface area contributed by atoms with Gasteiger partial charge in [-0.3, -0.25) is 4.79 Å². The van der Waals surface area contributed by atoms with Gasteiger partial charge in [0.05, 0.1) is 19.6 Å². The third-order valence-electron chi connectivity index (χ3n) is 7.40. The van der Waals surface area contributed by atoms with Crippen LogP contribution < -0.4 is 19.5 Å². The quantitative estimate of drug-likeness (QED) is 0.134. The Morgan fingerprint density at radius 1 is 0.857 bits per heavy atom. The highest BCUT2D eigenvalue weighted by atomic mass is 79.9. The first-order valence-corrected chi connectivity index (χ1v) is 16.5. The van der Waals surface area contributed by atoms with E-state index < -0.39 is 0 Å². The number of carbonyl (C=O) groups is 1. The second-order valence-corrected chi connectivity index (χ2v) is 11.6. The van der Waals surface area contributed by atoms with Crippen LogP contribution in [0.4, 0.5) is 5.69 Å². The molecular weight excluding hydrogens is 612 g/mol. The number of para-hydroxylation sites is 2. The summed E-state index contributed by atoms with van der Waals surface area (Å²) in [6.07, 6.45) is 15.6. The van der Waals surface area contributed by atoms with E-state index in [0.29, 0.717) is 23.9 Å². The minimum atomic E-state index is -0.213. The molecule has 0 saturated heterocycles. The van der Waals surface area contributed by atoms with Crippen molar-refractivity contribution in [2.45, 2.75) is 97.4 Å². The summed E-state index contributed by atoms with van der Waals surface area (Å²) in [6.45, 7) is 5.61. The van der Waals surface area contributed by atoms with Crippen LogP contribution in [-0.2, 0) is 11.3 Å². The zero-order chi connectivity index (χ0) is 29.1. The molecule has 0 saturated carbocycles. The van der Waals surface area contributed by atoms with Crippen molar-refractivity contribution in [3.63, 3.8) is 0 Å². The molecule has 1 amide bonds. The third kappa shape index (κ3) is 12.9. The third-order valence-corrected chi connectivity index (χ3v) is 8.37. The maximum atomic E-state index is 12.9. The second-order valence-electron chi connectivity index (χ2n) is 10.8. The minimum absolute atomic E-state index is 0. The van der Waals surface area contributed by atoms with Crippen LogP contribution in [0.3, 0.4) is 0 Å². The van der Waals surface area contributed by atoms with Crippen molar-refractivity contribution in [1.29, 1.82) is 0 Å². The number of methoxy groups -OCH3 is 1. The summed E-state index contributed by atoms with van der Waals surface area (Å²) in [5.74, 6) is 2.39. The minimum Gasteiger partial charge on any atom is -0.493 e. The van der Waals surface area contributed by atoms with E-state index in [1.54, 1.807) is 18.9 Å². The highest BCUT2D eigenvalue weighted by Gasteiger charge is 2.16. The molecule has 0 spiro atoms. The van der Waals surface area contributed by atoms with Crippen molar-refractivity contribution >= 4 is 40.3 Å². The average molecular weight is 664 g/mol. The van der Waals surface area contributed by atoms with Crippen molar-refractivity contribution in [3.05, 3.63) is 59.1 Å². The summed E-state index contributed by atoms with van der Waals surface area (Å²) in [4.78, 5) is 15.1. The molecule has 6 nitrogen and oxygen atoms in total. The van der Waals surface area contributed by atoms with Gasteiger partial charge in [0, 0.05) is 17.9 Å². The lowest BCUT2D eigenvalue weighted by Gasteiger charge is -2.21. The van der Waals surface area contributed by atoms with Crippen molar-refractivity contribution in [1.82, 2.24) is 4.90 Å². The first kappa shape index (κ1) is 35.9. The summed E-state index contributed by atoms with van der Waals surface area (Å²) in [6, 6.07) is 13.4. The van der Waals surface area contributed by atoms with Crippen LogP contribution in [0.1, 0.15) is 96.5 Å². The van der Waals surface area contributed by atoms with Gasteiger partial charge in [-0.1, -0.05) is 102 Å². The highest BCUT2D eigenvalue weighted by Crippen LogP contribution is 2.37. The van der Waals surface area contributed by atoms with E-state index in [1.165, 1.54) is 69.9 Å². The number of unbranched alkanes of at least 4 members (excludes halogenated alkanes) is 11. The van der Waals surface area contributed by atoms with Crippen molar-refractivity contribution in [2.24, 2.45) is 0 Å². The fourth-order valence-electron chi connectivity index (χ4n) is 4.94. The maximum absolute atomic E-state index is 12.9.